The summed E-state index contributed by atoms with van der Waals surface area (Å²) in [5, 5.41) is 3.33. The highest BCUT2D eigenvalue weighted by Crippen LogP contribution is 2.26. The predicted octanol–water partition coefficient (Wildman–Crippen LogP) is 2.75. The van der Waals surface area contributed by atoms with Gasteiger partial charge in [-0.3, -0.25) is 9.78 Å². The van der Waals surface area contributed by atoms with Gasteiger partial charge in [-0.15, -0.1) is 0 Å². The smallest absolute Gasteiger partial charge is 0.252 e. The normalized spacial score (nSPS) is 16.0. The van der Waals surface area contributed by atoms with Gasteiger partial charge in [0.2, 0.25) is 0 Å². The van der Waals surface area contributed by atoms with Crippen LogP contribution in [0, 0.1) is 11.6 Å². The number of rotatable bonds is 4. The average molecular weight is 369 g/mol. The van der Waals surface area contributed by atoms with Crippen LogP contribution >= 0.6 is 0 Å². The third kappa shape index (κ3) is 3.38. The number of carbonyl (C=O) groups excluding carboxylic acids is 1. The molecule has 27 heavy (non-hydrogen) atoms. The van der Waals surface area contributed by atoms with Gasteiger partial charge in [0.25, 0.3) is 5.91 Å². The first kappa shape index (κ1) is 17.1. The van der Waals surface area contributed by atoms with Gasteiger partial charge < -0.3 is 15.6 Å². The van der Waals surface area contributed by atoms with E-state index in [1.54, 1.807) is 18.5 Å². The number of hydrogen-bond donors (Lipinski definition) is 2. The number of aromatic nitrogens is 3. The number of imidazole rings is 1. The molecule has 0 radical (unpaired) electrons. The zero-order valence-corrected chi connectivity index (χ0v) is 14.3. The summed E-state index contributed by atoms with van der Waals surface area (Å²) in [5.41, 5.74) is 7.11. The minimum atomic E-state index is -0.636. The zero-order valence-electron chi connectivity index (χ0n) is 14.3. The molecule has 1 aliphatic rings. The minimum Gasteiger partial charge on any atom is -0.380 e. The Kier molecular flexibility index (Phi) is 4.31. The van der Waals surface area contributed by atoms with Crippen LogP contribution in [0.25, 0.3) is 11.3 Å². The molecule has 0 spiro atoms. The van der Waals surface area contributed by atoms with Crippen molar-refractivity contribution in [3.63, 3.8) is 0 Å². The van der Waals surface area contributed by atoms with Gasteiger partial charge in [0, 0.05) is 49.2 Å². The van der Waals surface area contributed by atoms with Gasteiger partial charge in [-0.2, -0.15) is 0 Å². The van der Waals surface area contributed by atoms with Crippen molar-refractivity contribution in [1.29, 1.82) is 0 Å². The quantitative estimate of drug-likeness (QED) is 0.740. The lowest BCUT2D eigenvalue weighted by molar-refractivity contribution is 0.100. The highest BCUT2D eigenvalue weighted by Gasteiger charge is 2.23. The average Bonchev–Trinajstić information content (AvgIpc) is 3.05. The molecule has 3 N–H and O–H groups in total. The second kappa shape index (κ2) is 6.79. The standard InChI is InChI=1S/C19H17F2N5O/c20-11-1-3-13(15(21)7-11)17-10-26-9-12(2-4-18(26)25-17)24-16-5-6-23-8-14(16)19(22)27/h1,3,5-8,10,12H,2,4,9H2,(H2,22,27)(H,23,24). The van der Waals surface area contributed by atoms with E-state index < -0.39 is 17.5 Å². The molecule has 0 saturated carbocycles. The number of nitrogens with two attached hydrogens (primary N) is 1. The Bertz CT molecular complexity index is 1020. The van der Waals surface area contributed by atoms with Crippen molar-refractivity contribution in [3.05, 3.63) is 65.9 Å². The number of halogens is 2. The van der Waals surface area contributed by atoms with Crippen LogP contribution in [0.2, 0.25) is 0 Å². The second-order valence-corrected chi connectivity index (χ2v) is 6.48. The third-order valence-electron chi connectivity index (χ3n) is 4.65. The Balaban J connectivity index is 1.56. The lowest BCUT2D eigenvalue weighted by Crippen LogP contribution is -2.32. The molecule has 1 atom stereocenters. The van der Waals surface area contributed by atoms with Crippen molar-refractivity contribution in [1.82, 2.24) is 14.5 Å². The molecule has 8 heteroatoms. The number of hydrogen-bond acceptors (Lipinski definition) is 4. The van der Waals surface area contributed by atoms with Crippen LogP contribution in [-0.4, -0.2) is 26.5 Å². The number of benzene rings is 1. The van der Waals surface area contributed by atoms with Crippen LogP contribution in [0.1, 0.15) is 22.6 Å². The molecule has 1 aliphatic heterocycles. The molecule has 0 saturated heterocycles. The molecule has 3 heterocycles. The number of aryl methyl sites for hydroxylation is 1. The van der Waals surface area contributed by atoms with E-state index in [4.69, 9.17) is 5.73 Å². The molecule has 1 amide bonds. The molecule has 6 nitrogen and oxygen atoms in total. The number of primary amides is 1. The van der Waals surface area contributed by atoms with E-state index in [9.17, 15) is 13.6 Å². The molecule has 4 rings (SSSR count). The topological polar surface area (TPSA) is 85.8 Å². The third-order valence-corrected chi connectivity index (χ3v) is 4.65. The maximum atomic E-state index is 14.0. The first-order chi connectivity index (χ1) is 13.0. The van der Waals surface area contributed by atoms with Gasteiger partial charge in [0.05, 0.1) is 16.9 Å². The highest BCUT2D eigenvalue weighted by molar-refractivity contribution is 5.98. The summed E-state index contributed by atoms with van der Waals surface area (Å²) in [6.07, 6.45) is 6.28. The monoisotopic (exact) mass is 369 g/mol. The molecule has 0 aliphatic carbocycles. The van der Waals surface area contributed by atoms with Gasteiger partial charge in [-0.05, 0) is 24.6 Å². The Labute approximate surface area is 154 Å². The molecule has 1 unspecified atom stereocenters. The van der Waals surface area contributed by atoms with Crippen LogP contribution in [0.5, 0.6) is 0 Å². The van der Waals surface area contributed by atoms with Gasteiger partial charge >= 0.3 is 0 Å². The van der Waals surface area contributed by atoms with E-state index in [2.05, 4.69) is 15.3 Å². The van der Waals surface area contributed by atoms with Crippen molar-refractivity contribution in [2.75, 3.05) is 5.32 Å². The van der Waals surface area contributed by atoms with Crippen LogP contribution in [0.4, 0.5) is 14.5 Å². The van der Waals surface area contributed by atoms with E-state index in [-0.39, 0.29) is 11.6 Å². The summed E-state index contributed by atoms with van der Waals surface area (Å²) < 4.78 is 29.1. The number of nitrogens with one attached hydrogen (secondary N) is 1. The van der Waals surface area contributed by atoms with E-state index in [0.717, 1.165) is 18.3 Å². The second-order valence-electron chi connectivity index (χ2n) is 6.48. The van der Waals surface area contributed by atoms with Crippen molar-refractivity contribution >= 4 is 11.6 Å². The van der Waals surface area contributed by atoms with Gasteiger partial charge in [-0.1, -0.05) is 0 Å². The molecular weight excluding hydrogens is 352 g/mol. The van der Waals surface area contributed by atoms with Crippen LogP contribution in [-0.2, 0) is 13.0 Å². The number of nitrogens with zero attached hydrogens (tertiary/aromatic N) is 3. The Morgan fingerprint density at radius 1 is 1.30 bits per heavy atom. The number of amides is 1. The van der Waals surface area contributed by atoms with E-state index in [0.29, 0.717) is 29.9 Å². The fourth-order valence-electron chi connectivity index (χ4n) is 3.33. The SMILES string of the molecule is NC(=O)c1cnccc1NC1CCc2nc(-c3ccc(F)cc3F)cn2C1. The summed E-state index contributed by atoms with van der Waals surface area (Å²) in [6, 6.07) is 5.23. The predicted molar refractivity (Wildman–Crippen MR) is 96.1 cm³/mol. The summed E-state index contributed by atoms with van der Waals surface area (Å²) in [7, 11) is 0. The number of anilines is 1. The van der Waals surface area contributed by atoms with Crippen molar-refractivity contribution < 1.29 is 13.6 Å². The minimum absolute atomic E-state index is 0.0538. The number of fused-ring (bicyclic) bond motifs is 1. The Morgan fingerprint density at radius 2 is 2.15 bits per heavy atom. The van der Waals surface area contributed by atoms with E-state index in [1.807, 2.05) is 4.57 Å². The maximum absolute atomic E-state index is 14.0. The summed E-state index contributed by atoms with van der Waals surface area (Å²) in [5.74, 6) is -0.953. The van der Waals surface area contributed by atoms with Crippen LogP contribution in [0.15, 0.2) is 42.9 Å². The first-order valence-electron chi connectivity index (χ1n) is 8.53. The molecule has 138 valence electrons. The molecule has 0 bridgehead atoms. The fourth-order valence-corrected chi connectivity index (χ4v) is 3.33. The van der Waals surface area contributed by atoms with Crippen molar-refractivity contribution in [2.24, 2.45) is 5.73 Å². The van der Waals surface area contributed by atoms with E-state index in [1.165, 1.54) is 18.3 Å². The number of carbonyl (C=O) groups is 1. The zero-order chi connectivity index (χ0) is 19.0. The highest BCUT2D eigenvalue weighted by atomic mass is 19.1. The van der Waals surface area contributed by atoms with E-state index >= 15 is 0 Å². The van der Waals surface area contributed by atoms with Gasteiger partial charge in [0.1, 0.15) is 17.5 Å². The lowest BCUT2D eigenvalue weighted by atomic mass is 10.1. The van der Waals surface area contributed by atoms with Crippen molar-refractivity contribution in [3.8, 4) is 11.3 Å². The number of pyridine rings is 1. The molecule has 0 fully saturated rings. The summed E-state index contributed by atoms with van der Waals surface area (Å²) >= 11 is 0. The van der Waals surface area contributed by atoms with Crippen molar-refractivity contribution in [2.45, 2.75) is 25.4 Å². The first-order valence-corrected chi connectivity index (χ1v) is 8.53. The molecule has 3 aromatic rings. The lowest BCUT2D eigenvalue weighted by Gasteiger charge is -2.26. The fraction of sp³-hybridized carbons (Fsp3) is 0.211. The maximum Gasteiger partial charge on any atom is 0.252 e. The van der Waals surface area contributed by atoms with Gasteiger partial charge in [-0.25, -0.2) is 13.8 Å². The molecule has 2 aromatic heterocycles. The summed E-state index contributed by atoms with van der Waals surface area (Å²) in [4.78, 5) is 20.0. The Morgan fingerprint density at radius 3 is 2.93 bits per heavy atom. The van der Waals surface area contributed by atoms with Crippen LogP contribution < -0.4 is 11.1 Å². The van der Waals surface area contributed by atoms with Crippen LogP contribution in [0.3, 0.4) is 0 Å². The molecule has 1 aromatic carbocycles. The summed E-state index contributed by atoms with van der Waals surface area (Å²) in [6.45, 7) is 0.603. The Hall–Kier alpha value is -3.29. The largest absolute Gasteiger partial charge is 0.380 e. The molecular formula is C19H17F2N5O. The van der Waals surface area contributed by atoms with Gasteiger partial charge in [0.15, 0.2) is 0 Å².